The highest BCUT2D eigenvalue weighted by atomic mass is 14.8. The molecule has 0 aromatic heterocycles. The second-order valence-electron chi connectivity index (χ2n) is 5.98. The van der Waals surface area contributed by atoms with E-state index in [4.69, 9.17) is 0 Å². The number of allylic oxidation sites excluding steroid dienone is 1. The summed E-state index contributed by atoms with van der Waals surface area (Å²) in [6, 6.07) is 6.56. The number of benzene rings is 1. The molecule has 0 saturated carbocycles. The molecule has 0 unspecified atom stereocenters. The minimum absolute atomic E-state index is 0.736. The fourth-order valence-corrected chi connectivity index (χ4v) is 2.29. The van der Waals surface area contributed by atoms with Crippen molar-refractivity contribution in [2.24, 2.45) is 5.92 Å². The molecule has 1 aromatic rings. The monoisotopic (exact) mass is 259 g/mol. The van der Waals surface area contributed by atoms with E-state index in [1.807, 2.05) is 0 Å². The molecule has 1 nitrogen and oxygen atoms in total. The van der Waals surface area contributed by atoms with E-state index in [-0.39, 0.29) is 0 Å². The summed E-state index contributed by atoms with van der Waals surface area (Å²) in [5.74, 6) is 0.736. The fourth-order valence-electron chi connectivity index (χ4n) is 2.29. The van der Waals surface area contributed by atoms with Gasteiger partial charge in [0.05, 0.1) is 0 Å². The Morgan fingerprint density at radius 3 is 2.42 bits per heavy atom. The molecule has 1 heteroatoms. The predicted molar refractivity (Wildman–Crippen MR) is 85.7 cm³/mol. The minimum atomic E-state index is 0.736. The Morgan fingerprint density at radius 2 is 1.84 bits per heavy atom. The third-order valence-electron chi connectivity index (χ3n) is 3.47. The average Bonchev–Trinajstić information content (AvgIpc) is 2.33. The number of nitrogens with one attached hydrogen (secondary N) is 1. The molecule has 1 aromatic carbocycles. The summed E-state index contributed by atoms with van der Waals surface area (Å²) in [4.78, 5) is 0. The molecule has 1 rings (SSSR count). The Kier molecular flexibility index (Phi) is 6.86. The van der Waals surface area contributed by atoms with Gasteiger partial charge in [0.15, 0.2) is 0 Å². The van der Waals surface area contributed by atoms with Crippen molar-refractivity contribution in [3.63, 3.8) is 0 Å². The van der Waals surface area contributed by atoms with Gasteiger partial charge in [-0.2, -0.15) is 0 Å². The quantitative estimate of drug-likeness (QED) is 0.564. The number of hydrogen-bond donors (Lipinski definition) is 1. The van der Waals surface area contributed by atoms with E-state index in [9.17, 15) is 0 Å². The van der Waals surface area contributed by atoms with Gasteiger partial charge in [-0.1, -0.05) is 43.7 Å². The first-order valence-electron chi connectivity index (χ1n) is 7.42. The van der Waals surface area contributed by atoms with Gasteiger partial charge in [-0.3, -0.25) is 0 Å². The molecule has 0 radical (unpaired) electrons. The number of hydrogen-bond acceptors (Lipinski definition) is 1. The van der Waals surface area contributed by atoms with Gasteiger partial charge in [-0.05, 0) is 69.3 Å². The standard InChI is InChI=1S/C18H29N/c1-14(2)13-19-11-7-8-15(3)12-18-16(4)9-6-10-17(18)5/h6,8-10,14,19H,7,11-13H2,1-5H3/b15-8-. The molecule has 1 N–H and O–H groups in total. The Bertz CT molecular complexity index is 395. The van der Waals surface area contributed by atoms with Crippen LogP contribution in [0.1, 0.15) is 43.9 Å². The molecular formula is C18H29N. The highest BCUT2D eigenvalue weighted by Gasteiger charge is 2.02. The van der Waals surface area contributed by atoms with E-state index in [0.717, 1.165) is 31.8 Å². The van der Waals surface area contributed by atoms with Crippen molar-refractivity contribution in [1.29, 1.82) is 0 Å². The van der Waals surface area contributed by atoms with Crippen LogP contribution in [0, 0.1) is 19.8 Å². The lowest BCUT2D eigenvalue weighted by molar-refractivity contribution is 0.556. The zero-order valence-corrected chi connectivity index (χ0v) is 13.2. The van der Waals surface area contributed by atoms with E-state index in [2.05, 4.69) is 64.2 Å². The van der Waals surface area contributed by atoms with E-state index in [1.54, 1.807) is 0 Å². The van der Waals surface area contributed by atoms with Gasteiger partial charge in [0.1, 0.15) is 0 Å². The van der Waals surface area contributed by atoms with Crippen LogP contribution in [0.3, 0.4) is 0 Å². The zero-order chi connectivity index (χ0) is 14.3. The van der Waals surface area contributed by atoms with E-state index in [0.29, 0.717) is 0 Å². The molecule has 0 aliphatic rings. The van der Waals surface area contributed by atoms with Crippen LogP contribution in [0.15, 0.2) is 29.8 Å². The Hall–Kier alpha value is -1.08. The van der Waals surface area contributed by atoms with Gasteiger partial charge in [0.2, 0.25) is 0 Å². The van der Waals surface area contributed by atoms with Crippen molar-refractivity contribution in [1.82, 2.24) is 5.32 Å². The Labute approximate surface area is 119 Å². The molecule has 0 aliphatic carbocycles. The molecule has 106 valence electrons. The topological polar surface area (TPSA) is 12.0 Å². The smallest absolute Gasteiger partial charge is 0.00141 e. The molecular weight excluding hydrogens is 230 g/mol. The third-order valence-corrected chi connectivity index (χ3v) is 3.47. The first kappa shape index (κ1) is 16.0. The lowest BCUT2D eigenvalue weighted by Gasteiger charge is -2.10. The highest BCUT2D eigenvalue weighted by molar-refractivity contribution is 5.36. The van der Waals surface area contributed by atoms with Crippen LogP contribution in [0.2, 0.25) is 0 Å². The largest absolute Gasteiger partial charge is 0.316 e. The van der Waals surface area contributed by atoms with Crippen LogP contribution in [0.5, 0.6) is 0 Å². The summed E-state index contributed by atoms with van der Waals surface area (Å²) in [6.07, 6.45) is 4.59. The summed E-state index contributed by atoms with van der Waals surface area (Å²) < 4.78 is 0. The molecule has 19 heavy (non-hydrogen) atoms. The van der Waals surface area contributed by atoms with Gasteiger partial charge >= 0.3 is 0 Å². The lowest BCUT2D eigenvalue weighted by atomic mass is 9.96. The van der Waals surface area contributed by atoms with Gasteiger partial charge in [0, 0.05) is 0 Å². The van der Waals surface area contributed by atoms with Crippen LogP contribution in [-0.2, 0) is 6.42 Å². The molecule has 0 fully saturated rings. The summed E-state index contributed by atoms with van der Waals surface area (Å²) in [7, 11) is 0. The summed E-state index contributed by atoms with van der Waals surface area (Å²) in [5, 5.41) is 3.48. The summed E-state index contributed by atoms with van der Waals surface area (Å²) in [5.41, 5.74) is 5.78. The van der Waals surface area contributed by atoms with Crippen molar-refractivity contribution in [3.8, 4) is 0 Å². The molecule has 0 amide bonds. The number of aryl methyl sites for hydroxylation is 2. The van der Waals surface area contributed by atoms with Crippen molar-refractivity contribution in [2.75, 3.05) is 13.1 Å². The second kappa shape index (κ2) is 8.16. The van der Waals surface area contributed by atoms with E-state index >= 15 is 0 Å². The normalized spacial score (nSPS) is 12.2. The first-order chi connectivity index (χ1) is 9.00. The van der Waals surface area contributed by atoms with Crippen LogP contribution < -0.4 is 5.32 Å². The number of rotatable bonds is 7. The molecule has 0 aliphatic heterocycles. The van der Waals surface area contributed by atoms with Crippen molar-refractivity contribution >= 4 is 0 Å². The van der Waals surface area contributed by atoms with Gasteiger partial charge < -0.3 is 5.32 Å². The van der Waals surface area contributed by atoms with Crippen LogP contribution in [0.4, 0.5) is 0 Å². The predicted octanol–water partition coefficient (Wildman–Crippen LogP) is 4.43. The molecule has 0 spiro atoms. The van der Waals surface area contributed by atoms with Crippen molar-refractivity contribution in [3.05, 3.63) is 46.5 Å². The van der Waals surface area contributed by atoms with Gasteiger partial charge in [0.25, 0.3) is 0 Å². The maximum absolute atomic E-state index is 3.48. The Morgan fingerprint density at radius 1 is 1.21 bits per heavy atom. The second-order valence-corrected chi connectivity index (χ2v) is 5.98. The fraction of sp³-hybridized carbons (Fsp3) is 0.556. The first-order valence-corrected chi connectivity index (χ1v) is 7.42. The zero-order valence-electron chi connectivity index (χ0n) is 13.2. The maximum Gasteiger partial charge on any atom is -0.00141 e. The van der Waals surface area contributed by atoms with Crippen LogP contribution >= 0.6 is 0 Å². The van der Waals surface area contributed by atoms with Gasteiger partial charge in [-0.25, -0.2) is 0 Å². The van der Waals surface area contributed by atoms with Crippen molar-refractivity contribution in [2.45, 2.75) is 47.5 Å². The van der Waals surface area contributed by atoms with E-state index < -0.39 is 0 Å². The third kappa shape index (κ3) is 6.07. The van der Waals surface area contributed by atoms with Crippen LogP contribution in [-0.4, -0.2) is 13.1 Å². The van der Waals surface area contributed by atoms with Crippen LogP contribution in [0.25, 0.3) is 0 Å². The van der Waals surface area contributed by atoms with Gasteiger partial charge in [-0.15, -0.1) is 0 Å². The molecule has 0 atom stereocenters. The maximum atomic E-state index is 3.48. The molecule has 0 bridgehead atoms. The summed E-state index contributed by atoms with van der Waals surface area (Å²) >= 11 is 0. The average molecular weight is 259 g/mol. The van der Waals surface area contributed by atoms with E-state index in [1.165, 1.54) is 22.3 Å². The summed E-state index contributed by atoms with van der Waals surface area (Å²) in [6.45, 7) is 13.4. The molecule has 0 saturated heterocycles. The SMILES string of the molecule is C/C(=C/CCNCC(C)C)Cc1c(C)cccc1C. The lowest BCUT2D eigenvalue weighted by Crippen LogP contribution is -2.20. The Balaban J connectivity index is 2.44. The minimum Gasteiger partial charge on any atom is -0.316 e. The molecule has 0 heterocycles. The highest BCUT2D eigenvalue weighted by Crippen LogP contribution is 2.17. The van der Waals surface area contributed by atoms with Crippen molar-refractivity contribution < 1.29 is 0 Å².